The van der Waals surface area contributed by atoms with Crippen molar-refractivity contribution < 1.29 is 9.15 Å². The van der Waals surface area contributed by atoms with Gasteiger partial charge in [-0.15, -0.1) is 0 Å². The first-order chi connectivity index (χ1) is 22.8. The maximum atomic E-state index is 7.04. The molecule has 3 heteroatoms. The fourth-order valence-corrected chi connectivity index (χ4v) is 8.50. The number of hydrogen-bond donors (Lipinski definition) is 0. The van der Waals surface area contributed by atoms with Gasteiger partial charge in [-0.05, 0) is 58.7 Å². The van der Waals surface area contributed by atoms with Crippen LogP contribution in [0.3, 0.4) is 0 Å². The second kappa shape index (κ2) is 8.56. The Labute approximate surface area is 264 Å². The second-order valence-electron chi connectivity index (χ2n) is 12.4. The van der Waals surface area contributed by atoms with Gasteiger partial charge in [0, 0.05) is 39.0 Å². The van der Waals surface area contributed by atoms with Crippen LogP contribution in [0.5, 0.6) is 11.5 Å². The first-order valence-corrected chi connectivity index (χ1v) is 15.8. The second-order valence-corrected chi connectivity index (χ2v) is 12.4. The number of furan rings is 1. The minimum absolute atomic E-state index is 0.498. The minimum atomic E-state index is -0.498. The average molecular weight is 588 g/mol. The van der Waals surface area contributed by atoms with E-state index in [2.05, 4.69) is 144 Å². The topological polar surface area (TPSA) is 27.3 Å². The standard InChI is InChI=1S/C43H25NO2/c1-5-15-32-27(11-1)28-12-2-6-16-33(28)43(32)34-17-7-10-20-39(34)46-42-35(43)23-24-37-41(42)31-14-3-8-18-36(31)44(37)26-21-22-30-29-13-4-9-19-38(29)45-40(30)25-26/h1-25H. The monoisotopic (exact) mass is 587 g/mol. The fourth-order valence-electron chi connectivity index (χ4n) is 8.50. The molecule has 1 spiro atoms. The molecule has 0 amide bonds. The molecule has 0 atom stereocenters. The van der Waals surface area contributed by atoms with Crippen molar-refractivity contribution in [3.05, 3.63) is 174 Å². The highest BCUT2D eigenvalue weighted by Crippen LogP contribution is 2.63. The van der Waals surface area contributed by atoms with Crippen LogP contribution >= 0.6 is 0 Å². The Morgan fingerprint density at radius 1 is 0.457 bits per heavy atom. The molecule has 2 aliphatic rings. The van der Waals surface area contributed by atoms with Crippen LogP contribution in [0.2, 0.25) is 0 Å². The zero-order chi connectivity index (χ0) is 30.0. The van der Waals surface area contributed by atoms with Gasteiger partial charge in [0.15, 0.2) is 0 Å². The fraction of sp³-hybridized carbons (Fsp3) is 0.0233. The number of nitrogens with zero attached hydrogens (tertiary/aromatic N) is 1. The van der Waals surface area contributed by atoms with Gasteiger partial charge >= 0.3 is 0 Å². The molecule has 46 heavy (non-hydrogen) atoms. The highest BCUT2D eigenvalue weighted by atomic mass is 16.5. The third-order valence-corrected chi connectivity index (χ3v) is 10.3. The lowest BCUT2D eigenvalue weighted by atomic mass is 9.66. The van der Waals surface area contributed by atoms with Crippen molar-refractivity contribution >= 4 is 43.7 Å². The summed E-state index contributed by atoms with van der Waals surface area (Å²) < 4.78 is 15.7. The molecule has 1 aliphatic heterocycles. The predicted molar refractivity (Wildman–Crippen MR) is 185 cm³/mol. The molecule has 0 unspecified atom stereocenters. The molecular weight excluding hydrogens is 562 g/mol. The van der Waals surface area contributed by atoms with E-state index in [0.717, 1.165) is 60.9 Å². The van der Waals surface area contributed by atoms with E-state index in [9.17, 15) is 0 Å². The first kappa shape index (κ1) is 24.3. The highest BCUT2D eigenvalue weighted by Gasteiger charge is 2.51. The number of hydrogen-bond acceptors (Lipinski definition) is 2. The van der Waals surface area contributed by atoms with Crippen LogP contribution in [0.25, 0.3) is 60.6 Å². The molecule has 0 radical (unpaired) electrons. The summed E-state index contributed by atoms with van der Waals surface area (Å²) in [6.07, 6.45) is 0. The van der Waals surface area contributed by atoms with Crippen molar-refractivity contribution in [2.75, 3.05) is 0 Å². The van der Waals surface area contributed by atoms with E-state index in [-0.39, 0.29) is 0 Å². The quantitative estimate of drug-likeness (QED) is 0.191. The van der Waals surface area contributed by atoms with Gasteiger partial charge in [0.25, 0.3) is 0 Å². The Balaban J connectivity index is 1.26. The van der Waals surface area contributed by atoms with Crippen molar-refractivity contribution in [2.45, 2.75) is 5.41 Å². The third kappa shape index (κ3) is 2.84. The third-order valence-electron chi connectivity index (χ3n) is 10.3. The van der Waals surface area contributed by atoms with Crippen molar-refractivity contribution in [3.8, 4) is 28.3 Å². The van der Waals surface area contributed by atoms with Gasteiger partial charge in [0.05, 0.1) is 21.8 Å². The lowest BCUT2D eigenvalue weighted by Gasteiger charge is -2.39. The molecular formula is C43H25NO2. The molecule has 2 aromatic heterocycles. The Kier molecular flexibility index (Phi) is 4.52. The summed E-state index contributed by atoms with van der Waals surface area (Å²) >= 11 is 0. The lowest BCUT2D eigenvalue weighted by molar-refractivity contribution is 0.442. The number of ether oxygens (including phenoxy) is 1. The van der Waals surface area contributed by atoms with Crippen LogP contribution in [0, 0.1) is 0 Å². The van der Waals surface area contributed by atoms with E-state index in [1.807, 2.05) is 12.1 Å². The maximum absolute atomic E-state index is 7.04. The largest absolute Gasteiger partial charge is 0.456 e. The molecule has 0 bridgehead atoms. The van der Waals surface area contributed by atoms with E-state index in [1.54, 1.807) is 0 Å². The first-order valence-electron chi connectivity index (χ1n) is 15.8. The zero-order valence-corrected chi connectivity index (χ0v) is 24.7. The highest BCUT2D eigenvalue weighted by molar-refractivity contribution is 6.14. The van der Waals surface area contributed by atoms with E-state index in [0.29, 0.717) is 0 Å². The molecule has 7 aromatic carbocycles. The van der Waals surface area contributed by atoms with Crippen LogP contribution in [0.15, 0.2) is 156 Å². The molecule has 9 aromatic rings. The Hall–Kier alpha value is -6.06. The summed E-state index contributed by atoms with van der Waals surface area (Å²) in [6, 6.07) is 54.4. The number of benzene rings is 7. The minimum Gasteiger partial charge on any atom is -0.456 e. The summed E-state index contributed by atoms with van der Waals surface area (Å²) in [6.45, 7) is 0. The summed E-state index contributed by atoms with van der Waals surface area (Å²) in [4.78, 5) is 0. The van der Waals surface area contributed by atoms with Crippen LogP contribution < -0.4 is 4.74 Å². The smallest absolute Gasteiger partial charge is 0.142 e. The van der Waals surface area contributed by atoms with E-state index in [1.165, 1.54) is 33.4 Å². The summed E-state index contributed by atoms with van der Waals surface area (Å²) in [5.74, 6) is 1.82. The maximum Gasteiger partial charge on any atom is 0.142 e. The van der Waals surface area contributed by atoms with E-state index in [4.69, 9.17) is 9.15 Å². The molecule has 214 valence electrons. The van der Waals surface area contributed by atoms with Gasteiger partial charge < -0.3 is 13.7 Å². The molecule has 1 aliphatic carbocycles. The van der Waals surface area contributed by atoms with E-state index >= 15 is 0 Å². The van der Waals surface area contributed by atoms with Crippen molar-refractivity contribution in [1.29, 1.82) is 0 Å². The normalized spacial score (nSPS) is 14.0. The molecule has 0 saturated carbocycles. The molecule has 0 fully saturated rings. The zero-order valence-electron chi connectivity index (χ0n) is 24.7. The van der Waals surface area contributed by atoms with Crippen LogP contribution in [0.1, 0.15) is 22.3 Å². The van der Waals surface area contributed by atoms with Crippen molar-refractivity contribution in [3.63, 3.8) is 0 Å². The van der Waals surface area contributed by atoms with Gasteiger partial charge in [-0.1, -0.05) is 109 Å². The summed E-state index contributed by atoms with van der Waals surface area (Å²) in [5.41, 5.74) is 12.1. The Bertz CT molecular complexity index is 2700. The van der Waals surface area contributed by atoms with Gasteiger partial charge in [0.2, 0.25) is 0 Å². The SMILES string of the molecule is c1ccc2c(c1)Oc1c(ccc3c1c1ccccc1n3-c1ccc3c(c1)oc1ccccc13)C21c2ccccc2-c2ccccc21. The van der Waals surface area contributed by atoms with E-state index < -0.39 is 5.41 Å². The Morgan fingerprint density at radius 3 is 1.93 bits per heavy atom. The average Bonchev–Trinajstić information content (AvgIpc) is 3.75. The Morgan fingerprint density at radius 2 is 1.11 bits per heavy atom. The van der Waals surface area contributed by atoms with Gasteiger partial charge in [-0.3, -0.25) is 0 Å². The van der Waals surface area contributed by atoms with Gasteiger partial charge in [-0.25, -0.2) is 0 Å². The van der Waals surface area contributed by atoms with Gasteiger partial charge in [0.1, 0.15) is 22.7 Å². The summed E-state index contributed by atoms with van der Waals surface area (Å²) in [5, 5.41) is 4.54. The summed E-state index contributed by atoms with van der Waals surface area (Å²) in [7, 11) is 0. The van der Waals surface area contributed by atoms with Gasteiger partial charge in [-0.2, -0.15) is 0 Å². The molecule has 3 nitrogen and oxygen atoms in total. The number of para-hydroxylation sites is 3. The predicted octanol–water partition coefficient (Wildman–Crippen LogP) is 11.2. The number of fused-ring (bicyclic) bond motifs is 16. The van der Waals surface area contributed by atoms with Crippen LogP contribution in [-0.4, -0.2) is 4.57 Å². The molecule has 11 rings (SSSR count). The molecule has 3 heterocycles. The van der Waals surface area contributed by atoms with Crippen LogP contribution in [0.4, 0.5) is 0 Å². The lowest BCUT2D eigenvalue weighted by Crippen LogP contribution is -2.32. The number of rotatable bonds is 1. The molecule has 0 N–H and O–H groups in total. The van der Waals surface area contributed by atoms with Crippen molar-refractivity contribution in [1.82, 2.24) is 4.57 Å². The molecule has 0 saturated heterocycles. The number of aromatic nitrogens is 1. The van der Waals surface area contributed by atoms with Crippen LogP contribution in [-0.2, 0) is 5.41 Å². The van der Waals surface area contributed by atoms with Crippen molar-refractivity contribution in [2.24, 2.45) is 0 Å².